The summed E-state index contributed by atoms with van der Waals surface area (Å²) < 4.78 is 13.0. The summed E-state index contributed by atoms with van der Waals surface area (Å²) in [4.78, 5) is 0. The van der Waals surface area contributed by atoms with Gasteiger partial charge in [-0.05, 0) is 18.8 Å². The first-order chi connectivity index (χ1) is 8.88. The van der Waals surface area contributed by atoms with E-state index in [1.54, 1.807) is 0 Å². The van der Waals surface area contributed by atoms with Gasteiger partial charge >= 0.3 is 0 Å². The molecule has 0 spiro atoms. The molecule has 2 aliphatic rings. The third-order valence-corrected chi connectivity index (χ3v) is 3.97. The Morgan fingerprint density at radius 1 is 1.33 bits per heavy atom. The first-order valence-corrected chi connectivity index (χ1v) is 6.69. The normalized spacial score (nSPS) is 25.1. The molecule has 0 bridgehead atoms. The zero-order chi connectivity index (χ0) is 12.4. The maximum Gasteiger partial charge on any atom is 0.0888 e. The second-order valence-electron chi connectivity index (χ2n) is 5.18. The molecule has 2 aliphatic heterocycles. The average molecular weight is 252 g/mol. The molecular weight excluding hydrogens is 232 g/mol. The van der Waals surface area contributed by atoms with Crippen molar-refractivity contribution in [3.63, 3.8) is 0 Å². The van der Waals surface area contributed by atoms with Crippen LogP contribution in [0.1, 0.15) is 30.0 Å². The summed E-state index contributed by atoms with van der Waals surface area (Å²) in [6.07, 6.45) is 4.12. The van der Waals surface area contributed by atoms with E-state index in [1.807, 2.05) is 6.20 Å². The van der Waals surface area contributed by atoms with Gasteiger partial charge in [-0.25, -0.2) is 0 Å². The van der Waals surface area contributed by atoms with Crippen LogP contribution in [0.25, 0.3) is 0 Å². The number of hydrogen-bond donors (Lipinski definition) is 1. The molecular formula is C13H20N2O3. The second-order valence-corrected chi connectivity index (χ2v) is 5.18. The van der Waals surface area contributed by atoms with E-state index in [2.05, 4.69) is 9.78 Å². The highest BCUT2D eigenvalue weighted by Gasteiger charge is 2.25. The topological polar surface area (TPSA) is 56.5 Å². The molecule has 3 rings (SSSR count). The number of fused-ring (bicyclic) bond motifs is 1. The van der Waals surface area contributed by atoms with Crippen LogP contribution in [0, 0.1) is 5.92 Å². The minimum absolute atomic E-state index is 0.0946. The molecule has 0 aromatic carbocycles. The molecule has 5 heteroatoms. The Hall–Kier alpha value is -0.910. The highest BCUT2D eigenvalue weighted by molar-refractivity contribution is 5.24. The fourth-order valence-electron chi connectivity index (χ4n) is 2.79. The van der Waals surface area contributed by atoms with Gasteiger partial charge in [-0.3, -0.25) is 4.68 Å². The summed E-state index contributed by atoms with van der Waals surface area (Å²) in [5.74, 6) is 0.745. The van der Waals surface area contributed by atoms with Crippen molar-refractivity contribution >= 4 is 0 Å². The van der Waals surface area contributed by atoms with Crippen molar-refractivity contribution in [1.29, 1.82) is 0 Å². The van der Waals surface area contributed by atoms with E-state index >= 15 is 0 Å². The molecule has 1 unspecified atom stereocenters. The summed E-state index contributed by atoms with van der Waals surface area (Å²) >= 11 is 0. The van der Waals surface area contributed by atoms with Gasteiger partial charge in [0, 0.05) is 31.2 Å². The van der Waals surface area contributed by atoms with Crippen molar-refractivity contribution in [3.05, 3.63) is 17.5 Å². The molecule has 0 radical (unpaired) electrons. The Labute approximate surface area is 107 Å². The zero-order valence-corrected chi connectivity index (χ0v) is 10.5. The number of nitrogens with zero attached hydrogens (tertiary/aromatic N) is 2. The van der Waals surface area contributed by atoms with E-state index in [9.17, 15) is 5.11 Å². The Morgan fingerprint density at radius 3 is 2.94 bits per heavy atom. The lowest BCUT2D eigenvalue weighted by molar-refractivity contribution is 0.0535. The first kappa shape index (κ1) is 12.1. The predicted octanol–water partition coefficient (Wildman–Crippen LogP) is 0.916. The molecule has 1 aromatic rings. The standard InChI is InChI=1S/C13H20N2O3/c16-7-11-8-18-9-13-12(11)5-14-15(13)6-10-1-3-17-4-2-10/h5,10-11,16H,1-4,6-9H2. The van der Waals surface area contributed by atoms with Gasteiger partial charge in [0.25, 0.3) is 0 Å². The summed E-state index contributed by atoms with van der Waals surface area (Å²) in [5, 5.41) is 13.8. The maximum atomic E-state index is 9.33. The number of aliphatic hydroxyl groups excluding tert-OH is 1. The smallest absolute Gasteiger partial charge is 0.0888 e. The SMILES string of the molecule is OCC1COCc2c1cnn2CC1CCOCC1. The van der Waals surface area contributed by atoms with Gasteiger partial charge < -0.3 is 14.6 Å². The minimum Gasteiger partial charge on any atom is -0.396 e. The summed E-state index contributed by atoms with van der Waals surface area (Å²) in [7, 11) is 0. The van der Waals surface area contributed by atoms with Crippen molar-refractivity contribution in [2.75, 3.05) is 26.4 Å². The average Bonchev–Trinajstić information content (AvgIpc) is 2.83. The molecule has 3 heterocycles. The number of hydrogen-bond acceptors (Lipinski definition) is 4. The quantitative estimate of drug-likeness (QED) is 0.869. The molecule has 5 nitrogen and oxygen atoms in total. The monoisotopic (exact) mass is 252 g/mol. The van der Waals surface area contributed by atoms with Crippen LogP contribution < -0.4 is 0 Å². The Bertz CT molecular complexity index is 399. The Morgan fingerprint density at radius 2 is 2.17 bits per heavy atom. The molecule has 1 saturated heterocycles. The van der Waals surface area contributed by atoms with Gasteiger partial charge in [0.1, 0.15) is 0 Å². The van der Waals surface area contributed by atoms with Crippen LogP contribution in [0.4, 0.5) is 0 Å². The van der Waals surface area contributed by atoms with Crippen LogP contribution in [-0.4, -0.2) is 41.3 Å². The molecule has 0 amide bonds. The number of aliphatic hydroxyl groups is 1. The molecule has 1 N–H and O–H groups in total. The van der Waals surface area contributed by atoms with Crippen molar-refractivity contribution < 1.29 is 14.6 Å². The van der Waals surface area contributed by atoms with Crippen molar-refractivity contribution in [2.24, 2.45) is 5.92 Å². The molecule has 18 heavy (non-hydrogen) atoms. The second kappa shape index (κ2) is 5.38. The summed E-state index contributed by atoms with van der Waals surface area (Å²) in [6.45, 7) is 4.03. The van der Waals surface area contributed by atoms with E-state index < -0.39 is 0 Å². The van der Waals surface area contributed by atoms with E-state index in [-0.39, 0.29) is 12.5 Å². The molecule has 0 aliphatic carbocycles. The third-order valence-electron chi connectivity index (χ3n) is 3.97. The zero-order valence-electron chi connectivity index (χ0n) is 10.5. The molecule has 1 fully saturated rings. The Kier molecular flexibility index (Phi) is 3.63. The summed E-state index contributed by atoms with van der Waals surface area (Å²) in [5.41, 5.74) is 2.31. The van der Waals surface area contributed by atoms with Crippen LogP contribution in [0.3, 0.4) is 0 Å². The van der Waals surface area contributed by atoms with Crippen molar-refractivity contribution in [3.8, 4) is 0 Å². The largest absolute Gasteiger partial charge is 0.396 e. The lowest BCUT2D eigenvalue weighted by atomic mass is 9.98. The van der Waals surface area contributed by atoms with Crippen LogP contribution in [0.5, 0.6) is 0 Å². The van der Waals surface area contributed by atoms with Crippen molar-refractivity contribution in [1.82, 2.24) is 9.78 Å². The minimum atomic E-state index is 0.0946. The lowest BCUT2D eigenvalue weighted by Crippen LogP contribution is -2.24. The van der Waals surface area contributed by atoms with E-state index in [4.69, 9.17) is 9.47 Å². The highest BCUT2D eigenvalue weighted by atomic mass is 16.5. The lowest BCUT2D eigenvalue weighted by Gasteiger charge is -2.25. The highest BCUT2D eigenvalue weighted by Crippen LogP contribution is 2.27. The number of rotatable bonds is 3. The van der Waals surface area contributed by atoms with Crippen LogP contribution in [0.15, 0.2) is 6.20 Å². The number of ether oxygens (including phenoxy) is 2. The van der Waals surface area contributed by atoms with Gasteiger partial charge in [-0.2, -0.15) is 5.10 Å². The van der Waals surface area contributed by atoms with Gasteiger partial charge in [0.2, 0.25) is 0 Å². The van der Waals surface area contributed by atoms with Crippen LogP contribution in [0.2, 0.25) is 0 Å². The molecule has 1 aromatic heterocycles. The van der Waals surface area contributed by atoms with Gasteiger partial charge in [-0.1, -0.05) is 0 Å². The summed E-state index contributed by atoms with van der Waals surface area (Å²) in [6, 6.07) is 0. The molecule has 1 atom stereocenters. The van der Waals surface area contributed by atoms with Crippen LogP contribution >= 0.6 is 0 Å². The fourth-order valence-corrected chi connectivity index (χ4v) is 2.79. The van der Waals surface area contributed by atoms with E-state index in [0.717, 1.165) is 43.9 Å². The first-order valence-electron chi connectivity index (χ1n) is 6.69. The van der Waals surface area contributed by atoms with E-state index in [1.165, 1.54) is 0 Å². The predicted molar refractivity (Wildman–Crippen MR) is 65.3 cm³/mol. The molecule has 0 saturated carbocycles. The van der Waals surface area contributed by atoms with Crippen molar-refractivity contribution in [2.45, 2.75) is 31.9 Å². The molecule has 100 valence electrons. The Balaban J connectivity index is 1.74. The van der Waals surface area contributed by atoms with E-state index in [0.29, 0.717) is 19.1 Å². The third kappa shape index (κ3) is 2.30. The van der Waals surface area contributed by atoms with Gasteiger partial charge in [0.05, 0.1) is 31.7 Å². The maximum absolute atomic E-state index is 9.33. The van der Waals surface area contributed by atoms with Gasteiger partial charge in [-0.15, -0.1) is 0 Å². The number of aromatic nitrogens is 2. The van der Waals surface area contributed by atoms with Crippen LogP contribution in [-0.2, 0) is 22.6 Å². The van der Waals surface area contributed by atoms with Gasteiger partial charge in [0.15, 0.2) is 0 Å². The fraction of sp³-hybridized carbons (Fsp3) is 0.769.